The van der Waals surface area contributed by atoms with E-state index >= 15 is 0 Å². The molecule has 3 N–H and O–H groups in total. The lowest BCUT2D eigenvalue weighted by Crippen LogP contribution is -2.48. The maximum Gasteiger partial charge on any atom is 0.258 e. The molecule has 0 bridgehead atoms. The van der Waals surface area contributed by atoms with Crippen LogP contribution in [0.4, 0.5) is 15.9 Å². The number of nitrogens with one attached hydrogen (secondary N) is 1. The number of hydrogen-bond acceptors (Lipinski definition) is 7. The lowest BCUT2D eigenvalue weighted by Gasteiger charge is -2.38. The first-order chi connectivity index (χ1) is 16.8. The molecule has 4 aromatic rings. The molecule has 9 heteroatoms. The first-order valence-corrected chi connectivity index (χ1v) is 11.7. The molecule has 1 fully saturated rings. The van der Waals surface area contributed by atoms with Crippen molar-refractivity contribution < 1.29 is 4.39 Å². The van der Waals surface area contributed by atoms with Gasteiger partial charge in [0.15, 0.2) is 5.82 Å². The molecule has 2 aromatic carbocycles. The van der Waals surface area contributed by atoms with Crippen LogP contribution in [0.3, 0.4) is 0 Å². The summed E-state index contributed by atoms with van der Waals surface area (Å²) in [7, 11) is 0. The maximum atomic E-state index is 14.8. The largest absolute Gasteiger partial charge is 0.382 e. The topological polar surface area (TPSA) is 104 Å². The second-order valence-corrected chi connectivity index (χ2v) is 9.14. The van der Waals surface area contributed by atoms with Crippen molar-refractivity contribution in [3.63, 3.8) is 0 Å². The molecule has 0 saturated carbocycles. The summed E-state index contributed by atoms with van der Waals surface area (Å²) in [6.07, 6.45) is 0. The highest BCUT2D eigenvalue weighted by molar-refractivity contribution is 5.85. The van der Waals surface area contributed by atoms with Crippen molar-refractivity contribution >= 4 is 22.4 Å². The number of fused-ring (bicyclic) bond motifs is 1. The summed E-state index contributed by atoms with van der Waals surface area (Å²) < 4.78 is 14.8. The maximum absolute atomic E-state index is 14.8. The quantitative estimate of drug-likeness (QED) is 0.467. The van der Waals surface area contributed by atoms with Crippen LogP contribution in [0.25, 0.3) is 33.4 Å². The van der Waals surface area contributed by atoms with E-state index < -0.39 is 5.95 Å². The molecular weight excluding hydrogens is 445 g/mol. The van der Waals surface area contributed by atoms with Crippen LogP contribution in [-0.4, -0.2) is 57.1 Å². The molecule has 0 unspecified atom stereocenters. The molecular formula is C26H28FN7O. The molecule has 5 rings (SSSR count). The van der Waals surface area contributed by atoms with Gasteiger partial charge in [0.05, 0.1) is 10.9 Å². The molecule has 35 heavy (non-hydrogen) atoms. The molecule has 0 aliphatic carbocycles. The summed E-state index contributed by atoms with van der Waals surface area (Å²) in [5.74, 6) is -0.244. The number of halogens is 1. The number of aryl methyl sites for hydroxylation is 1. The van der Waals surface area contributed by atoms with Crippen molar-refractivity contribution in [1.82, 2.24) is 24.8 Å². The summed E-state index contributed by atoms with van der Waals surface area (Å²) in [5.41, 5.74) is 9.14. The predicted octanol–water partition coefficient (Wildman–Crippen LogP) is 3.61. The second-order valence-electron chi connectivity index (χ2n) is 9.14. The minimum atomic E-state index is -0.726. The Balaban J connectivity index is 1.46. The van der Waals surface area contributed by atoms with Gasteiger partial charge in [0.1, 0.15) is 17.2 Å². The predicted molar refractivity (Wildman–Crippen MR) is 137 cm³/mol. The van der Waals surface area contributed by atoms with Crippen molar-refractivity contribution in [2.24, 2.45) is 0 Å². The fourth-order valence-corrected chi connectivity index (χ4v) is 4.55. The van der Waals surface area contributed by atoms with Gasteiger partial charge in [0, 0.05) is 49.0 Å². The Hall–Kier alpha value is -3.85. The molecule has 3 heterocycles. The first-order valence-electron chi connectivity index (χ1n) is 11.7. The van der Waals surface area contributed by atoms with Crippen LogP contribution < -0.4 is 16.2 Å². The molecule has 0 radical (unpaired) electrons. The van der Waals surface area contributed by atoms with Gasteiger partial charge in [-0.15, -0.1) is 0 Å². The van der Waals surface area contributed by atoms with E-state index in [-0.39, 0.29) is 17.1 Å². The minimum Gasteiger partial charge on any atom is -0.382 e. The highest BCUT2D eigenvalue weighted by Crippen LogP contribution is 2.30. The molecule has 0 spiro atoms. The Morgan fingerprint density at radius 1 is 0.943 bits per heavy atom. The zero-order chi connectivity index (χ0) is 24.7. The van der Waals surface area contributed by atoms with Crippen LogP contribution in [0.1, 0.15) is 19.7 Å². The molecule has 2 aromatic heterocycles. The fourth-order valence-electron chi connectivity index (χ4n) is 4.55. The molecule has 0 amide bonds. The lowest BCUT2D eigenvalue weighted by molar-refractivity contribution is 0.209. The van der Waals surface area contributed by atoms with Crippen LogP contribution in [0.2, 0.25) is 0 Å². The molecule has 1 aliphatic heterocycles. The number of anilines is 2. The van der Waals surface area contributed by atoms with E-state index in [1.807, 2.05) is 24.3 Å². The zero-order valence-corrected chi connectivity index (χ0v) is 20.0. The van der Waals surface area contributed by atoms with Crippen molar-refractivity contribution in [1.29, 1.82) is 0 Å². The van der Waals surface area contributed by atoms with E-state index in [4.69, 9.17) is 5.73 Å². The fraction of sp³-hybridized carbons (Fsp3) is 0.308. The summed E-state index contributed by atoms with van der Waals surface area (Å²) in [5, 5.41) is 0.457. The van der Waals surface area contributed by atoms with Crippen LogP contribution in [0, 0.1) is 12.9 Å². The van der Waals surface area contributed by atoms with Crippen LogP contribution in [0.15, 0.2) is 47.3 Å². The monoisotopic (exact) mass is 473 g/mol. The Morgan fingerprint density at radius 2 is 1.63 bits per heavy atom. The van der Waals surface area contributed by atoms with Gasteiger partial charge in [-0.2, -0.15) is 9.37 Å². The van der Waals surface area contributed by atoms with Crippen LogP contribution in [0.5, 0.6) is 0 Å². The minimum absolute atomic E-state index is 0.0215. The van der Waals surface area contributed by atoms with Gasteiger partial charge >= 0.3 is 0 Å². The Bertz CT molecular complexity index is 1440. The van der Waals surface area contributed by atoms with E-state index in [0.717, 1.165) is 31.9 Å². The second kappa shape index (κ2) is 9.07. The molecule has 8 nitrogen and oxygen atoms in total. The van der Waals surface area contributed by atoms with E-state index in [9.17, 15) is 9.18 Å². The Kier molecular flexibility index (Phi) is 5.94. The van der Waals surface area contributed by atoms with Crippen molar-refractivity contribution in [3.05, 3.63) is 64.6 Å². The lowest BCUT2D eigenvalue weighted by atomic mass is 10.1. The van der Waals surface area contributed by atoms with Crippen molar-refractivity contribution in [2.75, 3.05) is 36.8 Å². The summed E-state index contributed by atoms with van der Waals surface area (Å²) in [6, 6.07) is 13.4. The van der Waals surface area contributed by atoms with E-state index in [1.165, 1.54) is 0 Å². The van der Waals surface area contributed by atoms with Gasteiger partial charge in [-0.1, -0.05) is 18.2 Å². The third-order valence-electron chi connectivity index (χ3n) is 6.53. The van der Waals surface area contributed by atoms with Crippen LogP contribution in [-0.2, 0) is 0 Å². The van der Waals surface area contributed by atoms with Crippen molar-refractivity contribution in [2.45, 2.75) is 26.8 Å². The van der Waals surface area contributed by atoms with E-state index in [0.29, 0.717) is 39.6 Å². The number of nitrogens with two attached hydrogens (primary N) is 1. The van der Waals surface area contributed by atoms with Gasteiger partial charge in [-0.25, -0.2) is 9.97 Å². The van der Waals surface area contributed by atoms with E-state index in [2.05, 4.69) is 43.6 Å². The third-order valence-corrected chi connectivity index (χ3v) is 6.53. The zero-order valence-electron chi connectivity index (χ0n) is 20.0. The van der Waals surface area contributed by atoms with Gasteiger partial charge < -0.3 is 15.6 Å². The van der Waals surface area contributed by atoms with Gasteiger partial charge in [0.2, 0.25) is 5.95 Å². The first kappa shape index (κ1) is 22.9. The number of benzene rings is 2. The number of rotatable bonds is 4. The third kappa shape index (κ3) is 4.46. The standard InChI is InChI=1S/C26H28FN7O/c1-15(2)33-10-12-34(13-11-33)19-7-4-17(5-8-19)22-24(27)32-25(28)23(31-22)18-6-9-20-21(14-18)29-16(3)30-26(20)35/h4-9,14-15H,10-13H2,1-3H3,(H2,28,32)(H,29,30,35). The van der Waals surface area contributed by atoms with Crippen molar-refractivity contribution in [3.8, 4) is 22.5 Å². The molecule has 1 saturated heterocycles. The molecule has 1 aliphatic rings. The SMILES string of the molecule is Cc1nc2cc(-c3nc(-c4ccc(N5CCN(C(C)C)CC5)cc4)c(F)nc3N)ccc2c(=O)[nH]1. The molecule has 180 valence electrons. The highest BCUT2D eigenvalue weighted by atomic mass is 19.1. The number of nitrogens with zero attached hydrogens (tertiary/aromatic N) is 5. The van der Waals surface area contributed by atoms with Gasteiger partial charge in [0.25, 0.3) is 5.56 Å². The highest BCUT2D eigenvalue weighted by Gasteiger charge is 2.20. The van der Waals surface area contributed by atoms with Crippen LogP contribution >= 0.6 is 0 Å². The average Bonchev–Trinajstić information content (AvgIpc) is 2.84. The Morgan fingerprint density at radius 3 is 2.31 bits per heavy atom. The molecule has 0 atom stereocenters. The summed E-state index contributed by atoms with van der Waals surface area (Å²) in [4.78, 5) is 32.5. The van der Waals surface area contributed by atoms with E-state index in [1.54, 1.807) is 25.1 Å². The number of aromatic nitrogens is 4. The number of H-pyrrole nitrogens is 1. The number of aromatic amines is 1. The Labute approximate surface area is 202 Å². The van der Waals surface area contributed by atoms with Gasteiger partial charge in [-0.3, -0.25) is 9.69 Å². The number of piperazine rings is 1. The average molecular weight is 474 g/mol. The number of hydrogen-bond donors (Lipinski definition) is 2. The van der Waals surface area contributed by atoms with Gasteiger partial charge in [-0.05, 0) is 45.0 Å². The normalized spacial score (nSPS) is 14.7. The smallest absolute Gasteiger partial charge is 0.258 e. The number of nitrogen functional groups attached to an aromatic ring is 1. The summed E-state index contributed by atoms with van der Waals surface area (Å²) >= 11 is 0. The summed E-state index contributed by atoms with van der Waals surface area (Å²) in [6.45, 7) is 10.1.